The molecule has 3 aliphatic rings. The molecule has 1 saturated carbocycles. The molecule has 59 heavy (non-hydrogen) atoms. The molecule has 3 aromatic heterocycles. The lowest BCUT2D eigenvalue weighted by molar-refractivity contribution is -0.122. The predicted molar refractivity (Wildman–Crippen MR) is 220 cm³/mol. The van der Waals surface area contributed by atoms with Crippen molar-refractivity contribution >= 4 is 52.3 Å². The van der Waals surface area contributed by atoms with E-state index in [1.807, 2.05) is 35.2 Å². The number of aliphatic hydroxyl groups is 2. The van der Waals surface area contributed by atoms with Crippen LogP contribution in [0.4, 0.5) is 17.6 Å². The first-order valence-electron chi connectivity index (χ1n) is 19.8. The van der Waals surface area contributed by atoms with E-state index in [1.54, 1.807) is 54.3 Å². The smallest absolute Gasteiger partial charge is 0.270 e. The highest BCUT2D eigenvalue weighted by Crippen LogP contribution is 2.36. The second kappa shape index (κ2) is 17.2. The number of amides is 2. The van der Waals surface area contributed by atoms with E-state index in [-0.39, 0.29) is 48.1 Å². The van der Waals surface area contributed by atoms with Crippen molar-refractivity contribution in [2.45, 2.75) is 62.4 Å². The van der Waals surface area contributed by atoms with Gasteiger partial charge in [-0.25, -0.2) is 14.4 Å². The van der Waals surface area contributed by atoms with Gasteiger partial charge in [-0.15, -0.1) is 0 Å². The summed E-state index contributed by atoms with van der Waals surface area (Å²) >= 11 is 6.77. The molecule has 17 nitrogen and oxygen atoms in total. The fourth-order valence-electron chi connectivity index (χ4n) is 8.08. The molecule has 0 unspecified atom stereocenters. The van der Waals surface area contributed by atoms with E-state index in [0.717, 1.165) is 30.0 Å². The number of nitrogens with one attached hydrogen (secondary N) is 2. The number of imidazole rings is 1. The van der Waals surface area contributed by atoms with Crippen LogP contribution in [0.25, 0.3) is 11.2 Å². The molecule has 8 rings (SSSR count). The van der Waals surface area contributed by atoms with Crippen molar-refractivity contribution in [1.82, 2.24) is 34.2 Å². The molecule has 5 aromatic rings. The van der Waals surface area contributed by atoms with E-state index in [1.165, 1.54) is 4.42 Å². The summed E-state index contributed by atoms with van der Waals surface area (Å²) in [5.74, 6) is 0.935. The van der Waals surface area contributed by atoms with Gasteiger partial charge in [0.25, 0.3) is 5.91 Å². The Bertz CT molecular complexity index is 2210. The first-order valence-corrected chi connectivity index (χ1v) is 20.2. The number of aromatic nitrogens is 5. The largest absolute Gasteiger partial charge is 0.508 e. The van der Waals surface area contributed by atoms with Gasteiger partial charge in [0.1, 0.15) is 29.5 Å². The SMILES string of the molecule is CCC(=O)N[C@H]1C[C@@H](n2cnc3c(NCC(c4ccc(O)cc4)c4ccc(O)cc4)nc(N4CC[C@@H](N(Cl)C(=O)c5ccc(N6CCOCC6)nc5)C4)nc32)[C@H](O)[C@@H]1O. The predicted octanol–water partition coefficient (Wildman–Crippen LogP) is 3.15. The number of pyridine rings is 1. The number of nitrogens with zero attached hydrogens (tertiary/aromatic N) is 8. The number of hydrogen-bond acceptors (Lipinski definition) is 14. The number of anilines is 3. The maximum Gasteiger partial charge on any atom is 0.270 e. The van der Waals surface area contributed by atoms with Crippen LogP contribution in [0.2, 0.25) is 0 Å². The maximum atomic E-state index is 13.6. The summed E-state index contributed by atoms with van der Waals surface area (Å²) in [6.07, 6.45) is 1.68. The number of carbonyl (C=O) groups is 2. The standard InChI is InChI=1S/C41H47ClN10O7/c1-2-34(55)46-31-19-32(37(57)36(31)56)51-23-45-35-38(44-21-30(24-3-8-28(53)9-4-24)25-5-10-29(54)11-6-25)47-41(48-39(35)51)50-14-13-27(22-50)52(42)40(58)26-7-12-33(43-20-26)49-15-17-59-18-16-49/h3-12,20,23,27,30-32,36-37,53-54,56-57H,2,13-19,21-22H2,1H3,(H,46,55)(H,44,47,48)/t27-,31+,32-,36-,37+/m1/s1. The summed E-state index contributed by atoms with van der Waals surface area (Å²) in [6.45, 7) is 5.55. The summed E-state index contributed by atoms with van der Waals surface area (Å²) in [4.78, 5) is 49.1. The minimum Gasteiger partial charge on any atom is -0.508 e. The molecule has 0 spiro atoms. The van der Waals surface area contributed by atoms with Crippen LogP contribution in [0.3, 0.4) is 0 Å². The minimum absolute atomic E-state index is 0.133. The van der Waals surface area contributed by atoms with Crippen molar-refractivity contribution in [2.75, 3.05) is 61.1 Å². The van der Waals surface area contributed by atoms with Crippen LogP contribution in [0.1, 0.15) is 59.6 Å². The highest BCUT2D eigenvalue weighted by molar-refractivity contribution is 6.24. The van der Waals surface area contributed by atoms with Crippen molar-refractivity contribution in [3.63, 3.8) is 0 Å². The van der Waals surface area contributed by atoms with Gasteiger partial charge in [-0.1, -0.05) is 31.2 Å². The van der Waals surface area contributed by atoms with Crippen molar-refractivity contribution in [3.05, 3.63) is 89.9 Å². The lowest BCUT2D eigenvalue weighted by Crippen LogP contribution is -2.42. The van der Waals surface area contributed by atoms with Gasteiger partial charge >= 0.3 is 0 Å². The highest BCUT2D eigenvalue weighted by Gasteiger charge is 2.44. The number of fused-ring (bicyclic) bond motifs is 1. The van der Waals surface area contributed by atoms with Crippen LogP contribution in [-0.2, 0) is 9.53 Å². The fourth-order valence-corrected chi connectivity index (χ4v) is 8.34. The van der Waals surface area contributed by atoms with Crippen LogP contribution in [0.15, 0.2) is 73.2 Å². The molecule has 5 heterocycles. The van der Waals surface area contributed by atoms with Crippen LogP contribution >= 0.6 is 11.8 Å². The van der Waals surface area contributed by atoms with Crippen LogP contribution in [0, 0.1) is 0 Å². The zero-order chi connectivity index (χ0) is 41.2. The van der Waals surface area contributed by atoms with Crippen molar-refractivity contribution in [3.8, 4) is 11.5 Å². The molecule has 6 N–H and O–H groups in total. The van der Waals surface area contributed by atoms with Gasteiger partial charge in [0, 0.05) is 63.0 Å². The zero-order valence-corrected chi connectivity index (χ0v) is 33.2. The molecule has 3 fully saturated rings. The second-order valence-electron chi connectivity index (χ2n) is 15.1. The second-order valence-corrected chi connectivity index (χ2v) is 15.5. The van der Waals surface area contributed by atoms with E-state index in [4.69, 9.17) is 31.5 Å². The van der Waals surface area contributed by atoms with Gasteiger partial charge in [0.15, 0.2) is 17.0 Å². The lowest BCUT2D eigenvalue weighted by atomic mass is 9.91. The zero-order valence-electron chi connectivity index (χ0n) is 32.4. The lowest BCUT2D eigenvalue weighted by Gasteiger charge is -2.28. The van der Waals surface area contributed by atoms with Gasteiger partial charge in [-0.3, -0.25) is 9.59 Å². The van der Waals surface area contributed by atoms with Gasteiger partial charge in [-0.05, 0) is 60.4 Å². The summed E-state index contributed by atoms with van der Waals surface area (Å²) in [5, 5.41) is 48.6. The van der Waals surface area contributed by atoms with E-state index >= 15 is 0 Å². The third kappa shape index (κ3) is 8.41. The van der Waals surface area contributed by atoms with E-state index in [2.05, 4.69) is 20.5 Å². The molecule has 18 heteroatoms. The Morgan fingerprint density at radius 1 is 0.915 bits per heavy atom. The molecule has 310 valence electrons. The number of aliphatic hydroxyl groups excluding tert-OH is 2. The van der Waals surface area contributed by atoms with Crippen molar-refractivity contribution in [1.29, 1.82) is 0 Å². The maximum absolute atomic E-state index is 13.6. The summed E-state index contributed by atoms with van der Waals surface area (Å²) in [5.41, 5.74) is 2.99. The number of ether oxygens (including phenoxy) is 1. The topological polar surface area (TPSA) is 215 Å². The first-order chi connectivity index (χ1) is 28.6. The molecule has 2 amide bonds. The number of halogens is 1. The monoisotopic (exact) mass is 826 g/mol. The summed E-state index contributed by atoms with van der Waals surface area (Å²) in [7, 11) is 0. The molecular formula is C41H47ClN10O7. The fraction of sp³-hybridized carbons (Fsp3) is 0.415. The number of benzene rings is 2. The summed E-state index contributed by atoms with van der Waals surface area (Å²) < 4.78 is 8.37. The van der Waals surface area contributed by atoms with Gasteiger partial charge in [0.05, 0.1) is 43.2 Å². The average molecular weight is 827 g/mol. The Kier molecular flexibility index (Phi) is 11.7. The normalized spacial score (nSPS) is 21.9. The van der Waals surface area contributed by atoms with Crippen molar-refractivity contribution < 1.29 is 34.8 Å². The number of hydrogen-bond donors (Lipinski definition) is 6. The van der Waals surface area contributed by atoms with E-state index in [0.29, 0.717) is 67.8 Å². The highest BCUT2D eigenvalue weighted by atomic mass is 35.5. The molecule has 2 aromatic carbocycles. The van der Waals surface area contributed by atoms with Gasteiger partial charge in [-0.2, -0.15) is 9.97 Å². The number of rotatable bonds is 12. The Balaban J connectivity index is 1.08. The molecule has 0 bridgehead atoms. The number of phenolic OH excluding ortho intramolecular Hbond substituents is 2. The average Bonchev–Trinajstić information content (AvgIpc) is 4.00. The molecule has 5 atom stereocenters. The Labute approximate surface area is 345 Å². The molecule has 2 saturated heterocycles. The van der Waals surface area contributed by atoms with E-state index in [9.17, 15) is 30.0 Å². The third-order valence-electron chi connectivity index (χ3n) is 11.4. The van der Waals surface area contributed by atoms with Crippen LogP contribution in [0.5, 0.6) is 11.5 Å². The van der Waals surface area contributed by atoms with Crippen LogP contribution in [-0.4, -0.2) is 131 Å². The molecule has 1 aliphatic carbocycles. The third-order valence-corrected chi connectivity index (χ3v) is 11.9. The van der Waals surface area contributed by atoms with E-state index < -0.39 is 24.3 Å². The molecule has 0 radical (unpaired) electrons. The number of carbonyl (C=O) groups excluding carboxylic acids is 2. The quantitative estimate of drug-likeness (QED) is 0.0998. The Morgan fingerprint density at radius 3 is 2.25 bits per heavy atom. The Hall–Kier alpha value is -5.75. The number of phenols is 2. The van der Waals surface area contributed by atoms with Crippen molar-refractivity contribution in [2.24, 2.45) is 0 Å². The first kappa shape index (κ1) is 40.0. The summed E-state index contributed by atoms with van der Waals surface area (Å²) in [6, 6.07) is 15.7. The number of aromatic hydroxyl groups is 2. The van der Waals surface area contributed by atoms with Gasteiger partial charge in [0.2, 0.25) is 11.9 Å². The Morgan fingerprint density at radius 2 is 1.61 bits per heavy atom. The molecule has 2 aliphatic heterocycles. The minimum atomic E-state index is -1.22. The van der Waals surface area contributed by atoms with Crippen LogP contribution < -0.4 is 20.4 Å². The number of morpholine rings is 1. The van der Waals surface area contributed by atoms with Gasteiger partial charge < -0.3 is 50.2 Å². The molecular weight excluding hydrogens is 780 g/mol.